The van der Waals surface area contributed by atoms with E-state index in [1.54, 1.807) is 0 Å². The highest BCUT2D eigenvalue weighted by Gasteiger charge is 2.20. The van der Waals surface area contributed by atoms with Gasteiger partial charge in [0.15, 0.2) is 0 Å². The minimum absolute atomic E-state index is 0.0559. The highest BCUT2D eigenvalue weighted by molar-refractivity contribution is 9.10. The van der Waals surface area contributed by atoms with E-state index in [1.165, 1.54) is 0 Å². The van der Waals surface area contributed by atoms with Gasteiger partial charge in [0, 0.05) is 10.0 Å². The number of fused-ring (bicyclic) bond motifs is 1. The molecule has 15 heavy (non-hydrogen) atoms. The zero-order valence-corrected chi connectivity index (χ0v) is 11.2. The summed E-state index contributed by atoms with van der Waals surface area (Å²) < 4.78 is 3.06. The van der Waals surface area contributed by atoms with E-state index in [2.05, 4.69) is 41.7 Å². The molecule has 0 aliphatic rings. The van der Waals surface area contributed by atoms with Crippen molar-refractivity contribution in [2.24, 2.45) is 0 Å². The smallest absolute Gasteiger partial charge is 0.204 e. The van der Waals surface area contributed by atoms with Crippen LogP contribution in [-0.2, 0) is 5.54 Å². The molecule has 1 heterocycles. The molecule has 1 aromatic carbocycles. The van der Waals surface area contributed by atoms with Crippen molar-refractivity contribution in [1.82, 2.24) is 9.55 Å². The normalized spacial score (nSPS) is 12.3. The lowest BCUT2D eigenvalue weighted by Gasteiger charge is -2.22. The van der Waals surface area contributed by atoms with E-state index >= 15 is 0 Å². The summed E-state index contributed by atoms with van der Waals surface area (Å²) >= 11 is 9.57. The van der Waals surface area contributed by atoms with Crippen LogP contribution >= 0.6 is 27.5 Å². The van der Waals surface area contributed by atoms with Gasteiger partial charge in [0.05, 0.1) is 11.0 Å². The Morgan fingerprint density at radius 2 is 2.00 bits per heavy atom. The average Bonchev–Trinajstić information content (AvgIpc) is 2.38. The summed E-state index contributed by atoms with van der Waals surface area (Å²) in [5, 5.41) is 0.538. The van der Waals surface area contributed by atoms with Crippen molar-refractivity contribution in [3.8, 4) is 0 Å². The molecule has 0 fully saturated rings. The highest BCUT2D eigenvalue weighted by atomic mass is 79.9. The first kappa shape index (κ1) is 11.0. The molecule has 0 aliphatic carbocycles. The Morgan fingerprint density at radius 1 is 1.33 bits per heavy atom. The van der Waals surface area contributed by atoms with Gasteiger partial charge in [-0.2, -0.15) is 0 Å². The van der Waals surface area contributed by atoms with E-state index in [9.17, 15) is 0 Å². The number of nitrogens with zero attached hydrogens (tertiary/aromatic N) is 2. The molecule has 80 valence electrons. The topological polar surface area (TPSA) is 17.8 Å². The van der Waals surface area contributed by atoms with E-state index in [-0.39, 0.29) is 5.54 Å². The molecule has 2 nitrogen and oxygen atoms in total. The quantitative estimate of drug-likeness (QED) is 0.710. The first-order chi connectivity index (χ1) is 6.89. The van der Waals surface area contributed by atoms with Gasteiger partial charge in [-0.3, -0.25) is 0 Å². The molecule has 0 saturated heterocycles. The van der Waals surface area contributed by atoms with Gasteiger partial charge in [-0.15, -0.1) is 0 Å². The molecule has 0 saturated carbocycles. The number of rotatable bonds is 0. The maximum Gasteiger partial charge on any atom is 0.204 e. The Kier molecular flexibility index (Phi) is 2.55. The van der Waals surface area contributed by atoms with Gasteiger partial charge in [-0.1, -0.05) is 15.9 Å². The van der Waals surface area contributed by atoms with Crippen LogP contribution in [0.3, 0.4) is 0 Å². The number of aromatic nitrogens is 2. The molecule has 0 amide bonds. The minimum Gasteiger partial charge on any atom is -0.309 e. The molecular weight excluding hydrogens is 275 g/mol. The van der Waals surface area contributed by atoms with Crippen LogP contribution < -0.4 is 0 Å². The summed E-state index contributed by atoms with van der Waals surface area (Å²) in [6.07, 6.45) is 0. The highest BCUT2D eigenvalue weighted by Crippen LogP contribution is 2.29. The van der Waals surface area contributed by atoms with Gasteiger partial charge < -0.3 is 4.57 Å². The molecule has 1 aromatic heterocycles. The number of hydrogen-bond acceptors (Lipinski definition) is 1. The van der Waals surface area contributed by atoms with Crippen LogP contribution in [0.1, 0.15) is 20.8 Å². The second kappa shape index (κ2) is 3.49. The van der Waals surface area contributed by atoms with Crippen molar-refractivity contribution >= 4 is 38.6 Å². The van der Waals surface area contributed by atoms with Crippen molar-refractivity contribution in [3.63, 3.8) is 0 Å². The van der Waals surface area contributed by atoms with Gasteiger partial charge in [0.1, 0.15) is 0 Å². The largest absolute Gasteiger partial charge is 0.309 e. The first-order valence-electron chi connectivity index (χ1n) is 4.73. The van der Waals surface area contributed by atoms with Crippen LogP contribution in [-0.4, -0.2) is 9.55 Å². The minimum atomic E-state index is -0.0559. The Hall–Kier alpha value is -0.540. The Bertz CT molecular complexity index is 511. The predicted octanol–water partition coefficient (Wildman–Crippen LogP) is 4.21. The molecule has 0 bridgehead atoms. The Balaban J connectivity index is 2.80. The summed E-state index contributed by atoms with van der Waals surface area (Å²) in [4.78, 5) is 4.34. The van der Waals surface area contributed by atoms with Crippen molar-refractivity contribution in [2.45, 2.75) is 26.3 Å². The number of hydrogen-bond donors (Lipinski definition) is 0. The van der Waals surface area contributed by atoms with Gasteiger partial charge in [-0.05, 0) is 50.6 Å². The zero-order chi connectivity index (χ0) is 11.2. The van der Waals surface area contributed by atoms with Crippen LogP contribution in [0, 0.1) is 0 Å². The van der Waals surface area contributed by atoms with E-state index in [1.807, 2.05) is 22.8 Å². The monoisotopic (exact) mass is 286 g/mol. The maximum absolute atomic E-state index is 6.14. The van der Waals surface area contributed by atoms with E-state index in [0.717, 1.165) is 15.5 Å². The van der Waals surface area contributed by atoms with Crippen LogP contribution in [0.5, 0.6) is 0 Å². The van der Waals surface area contributed by atoms with Gasteiger partial charge in [0.25, 0.3) is 0 Å². The maximum atomic E-state index is 6.14. The molecule has 0 atom stereocenters. The first-order valence-corrected chi connectivity index (χ1v) is 5.90. The molecule has 0 N–H and O–H groups in total. The third kappa shape index (κ3) is 1.91. The summed E-state index contributed by atoms with van der Waals surface area (Å²) in [5.41, 5.74) is 1.93. The van der Waals surface area contributed by atoms with E-state index in [0.29, 0.717) is 5.28 Å². The van der Waals surface area contributed by atoms with Crippen molar-refractivity contribution in [2.75, 3.05) is 0 Å². The predicted molar refractivity (Wildman–Crippen MR) is 67.4 cm³/mol. The van der Waals surface area contributed by atoms with Crippen molar-refractivity contribution in [1.29, 1.82) is 0 Å². The number of halogens is 2. The second-order valence-electron chi connectivity index (χ2n) is 4.52. The lowest BCUT2D eigenvalue weighted by molar-refractivity contribution is 0.409. The Labute approximate surface area is 102 Å². The molecule has 0 spiro atoms. The third-order valence-electron chi connectivity index (χ3n) is 2.25. The number of imidazole rings is 1. The van der Waals surface area contributed by atoms with Crippen LogP contribution in [0.25, 0.3) is 11.0 Å². The molecule has 0 aliphatic heterocycles. The van der Waals surface area contributed by atoms with E-state index < -0.39 is 0 Å². The van der Waals surface area contributed by atoms with Crippen LogP contribution in [0.2, 0.25) is 5.28 Å². The molecule has 0 radical (unpaired) electrons. The van der Waals surface area contributed by atoms with Gasteiger partial charge in [-0.25, -0.2) is 4.98 Å². The number of benzene rings is 1. The molecule has 2 rings (SSSR count). The molecular formula is C11H12BrClN2. The summed E-state index contributed by atoms with van der Waals surface area (Å²) in [6.45, 7) is 6.34. The third-order valence-corrected chi connectivity index (χ3v) is 2.99. The second-order valence-corrected chi connectivity index (χ2v) is 5.77. The Morgan fingerprint density at radius 3 is 2.60 bits per heavy atom. The summed E-state index contributed by atoms with van der Waals surface area (Å²) in [5.74, 6) is 0. The average molecular weight is 288 g/mol. The zero-order valence-electron chi connectivity index (χ0n) is 8.88. The lowest BCUT2D eigenvalue weighted by atomic mass is 10.1. The standard InChI is InChI=1S/C11H12BrClN2/c1-11(2,3)15-9-5-4-7(12)6-8(9)14-10(15)13/h4-6H,1-3H3. The van der Waals surface area contributed by atoms with Crippen molar-refractivity contribution < 1.29 is 0 Å². The molecule has 0 unspecified atom stereocenters. The van der Waals surface area contributed by atoms with Gasteiger partial charge in [0.2, 0.25) is 5.28 Å². The van der Waals surface area contributed by atoms with Crippen LogP contribution in [0.4, 0.5) is 0 Å². The lowest BCUT2D eigenvalue weighted by Crippen LogP contribution is -2.21. The fourth-order valence-electron chi connectivity index (χ4n) is 1.66. The van der Waals surface area contributed by atoms with E-state index in [4.69, 9.17) is 11.6 Å². The molecule has 2 aromatic rings. The van der Waals surface area contributed by atoms with Crippen LogP contribution in [0.15, 0.2) is 22.7 Å². The fourth-order valence-corrected chi connectivity index (χ4v) is 2.45. The van der Waals surface area contributed by atoms with Crippen molar-refractivity contribution in [3.05, 3.63) is 28.0 Å². The SMILES string of the molecule is CC(C)(C)n1c(Cl)nc2cc(Br)ccc21. The fraction of sp³-hybridized carbons (Fsp3) is 0.364. The van der Waals surface area contributed by atoms with Gasteiger partial charge >= 0.3 is 0 Å². The summed E-state index contributed by atoms with van der Waals surface area (Å²) in [6, 6.07) is 6.01. The molecule has 4 heteroatoms. The summed E-state index contributed by atoms with van der Waals surface area (Å²) in [7, 11) is 0.